The zero-order valence-corrected chi connectivity index (χ0v) is 15.3. The lowest BCUT2D eigenvalue weighted by molar-refractivity contribution is -0.117. The van der Waals surface area contributed by atoms with Crippen molar-refractivity contribution in [2.24, 2.45) is 0 Å². The molecular weight excluding hydrogens is 378 g/mol. The summed E-state index contributed by atoms with van der Waals surface area (Å²) in [7, 11) is -2.18. The second kappa shape index (κ2) is 8.61. The van der Waals surface area contributed by atoms with Crippen LogP contribution in [0.15, 0.2) is 59.5 Å². The van der Waals surface area contributed by atoms with E-state index in [4.69, 9.17) is 11.6 Å². The standard InChI is InChI=1S/C17H16ClN3O4S/c1-19-26(24,25)13-9-6-12(7-10-13)8-11-16(22)20-21-17(23)14-4-2-3-5-15(14)18/h2-11,19H,1H3,(H,20,22)(H,21,23)/b11-8+. The highest BCUT2D eigenvalue weighted by Crippen LogP contribution is 2.14. The Hall–Kier alpha value is -2.68. The van der Waals surface area contributed by atoms with Gasteiger partial charge in [-0.2, -0.15) is 0 Å². The van der Waals surface area contributed by atoms with Crippen LogP contribution in [-0.4, -0.2) is 27.3 Å². The molecule has 0 saturated heterocycles. The molecule has 0 atom stereocenters. The van der Waals surface area contributed by atoms with Crippen molar-refractivity contribution in [3.63, 3.8) is 0 Å². The van der Waals surface area contributed by atoms with E-state index in [9.17, 15) is 18.0 Å². The minimum absolute atomic E-state index is 0.119. The molecular formula is C17H16ClN3O4S. The number of carbonyl (C=O) groups excluding carboxylic acids is 2. The van der Waals surface area contributed by atoms with Gasteiger partial charge in [-0.25, -0.2) is 13.1 Å². The molecule has 0 heterocycles. The summed E-state index contributed by atoms with van der Waals surface area (Å²) in [6.45, 7) is 0. The van der Waals surface area contributed by atoms with Crippen molar-refractivity contribution in [2.45, 2.75) is 4.90 Å². The second-order valence-corrected chi connectivity index (χ2v) is 7.33. The van der Waals surface area contributed by atoms with Crippen LogP contribution in [0.3, 0.4) is 0 Å². The maximum atomic E-state index is 11.9. The fourth-order valence-corrected chi connectivity index (χ4v) is 2.87. The van der Waals surface area contributed by atoms with Crippen LogP contribution in [0.5, 0.6) is 0 Å². The summed E-state index contributed by atoms with van der Waals surface area (Å²) in [5.74, 6) is -1.10. The first-order chi connectivity index (χ1) is 12.3. The van der Waals surface area contributed by atoms with Crippen molar-refractivity contribution in [1.29, 1.82) is 0 Å². The smallest absolute Gasteiger partial charge is 0.268 e. The van der Waals surface area contributed by atoms with E-state index in [1.54, 1.807) is 30.3 Å². The van der Waals surface area contributed by atoms with Gasteiger partial charge in [0.15, 0.2) is 0 Å². The number of amides is 2. The number of sulfonamides is 1. The number of carbonyl (C=O) groups is 2. The van der Waals surface area contributed by atoms with E-state index in [-0.39, 0.29) is 15.5 Å². The minimum atomic E-state index is -3.51. The monoisotopic (exact) mass is 393 g/mol. The molecule has 26 heavy (non-hydrogen) atoms. The predicted octanol–water partition coefficient (Wildman–Crippen LogP) is 1.72. The van der Waals surface area contributed by atoms with Gasteiger partial charge in [0.05, 0.1) is 15.5 Å². The molecule has 2 rings (SSSR count). The lowest BCUT2D eigenvalue weighted by Crippen LogP contribution is -2.40. The highest BCUT2D eigenvalue weighted by atomic mass is 35.5. The Balaban J connectivity index is 1.93. The minimum Gasteiger partial charge on any atom is -0.268 e. The molecule has 0 aliphatic carbocycles. The normalized spacial score (nSPS) is 11.3. The fraction of sp³-hybridized carbons (Fsp3) is 0.0588. The molecule has 2 aromatic rings. The van der Waals surface area contributed by atoms with Gasteiger partial charge >= 0.3 is 0 Å². The molecule has 0 spiro atoms. The van der Waals surface area contributed by atoms with Crippen molar-refractivity contribution in [1.82, 2.24) is 15.6 Å². The maximum absolute atomic E-state index is 11.9. The second-order valence-electron chi connectivity index (χ2n) is 5.03. The van der Waals surface area contributed by atoms with Crippen LogP contribution in [0.2, 0.25) is 5.02 Å². The molecule has 0 aliphatic rings. The highest BCUT2D eigenvalue weighted by Gasteiger charge is 2.10. The highest BCUT2D eigenvalue weighted by molar-refractivity contribution is 7.89. The average Bonchev–Trinajstić information content (AvgIpc) is 2.65. The number of hydrazine groups is 1. The molecule has 2 aromatic carbocycles. The van der Waals surface area contributed by atoms with Crippen LogP contribution >= 0.6 is 11.6 Å². The van der Waals surface area contributed by atoms with E-state index in [1.165, 1.54) is 37.4 Å². The molecule has 2 amide bonds. The number of nitrogens with one attached hydrogen (secondary N) is 3. The number of hydrogen-bond acceptors (Lipinski definition) is 4. The van der Waals surface area contributed by atoms with Crippen LogP contribution in [0.1, 0.15) is 15.9 Å². The molecule has 0 aliphatic heterocycles. The Morgan fingerprint density at radius 1 is 1.00 bits per heavy atom. The molecule has 7 nitrogen and oxygen atoms in total. The van der Waals surface area contributed by atoms with Crippen LogP contribution in [0, 0.1) is 0 Å². The first-order valence-electron chi connectivity index (χ1n) is 7.40. The Labute approximate surface area is 156 Å². The first-order valence-corrected chi connectivity index (χ1v) is 9.26. The Kier molecular flexibility index (Phi) is 6.51. The van der Waals surface area contributed by atoms with E-state index in [0.717, 1.165) is 0 Å². The molecule has 0 saturated carbocycles. The summed E-state index contributed by atoms with van der Waals surface area (Å²) < 4.78 is 25.5. The van der Waals surface area contributed by atoms with Crippen LogP contribution in [0.25, 0.3) is 6.08 Å². The topological polar surface area (TPSA) is 104 Å². The number of halogens is 1. The van der Waals surface area contributed by atoms with E-state index in [2.05, 4.69) is 15.6 Å². The largest absolute Gasteiger partial charge is 0.271 e. The van der Waals surface area contributed by atoms with Gasteiger partial charge in [-0.1, -0.05) is 35.9 Å². The summed E-state index contributed by atoms with van der Waals surface area (Å²) in [5.41, 5.74) is 5.34. The summed E-state index contributed by atoms with van der Waals surface area (Å²) in [5, 5.41) is 0.270. The van der Waals surface area contributed by atoms with Gasteiger partial charge in [0, 0.05) is 6.08 Å². The average molecular weight is 394 g/mol. The SMILES string of the molecule is CNS(=O)(=O)c1ccc(/C=C/C(=O)NNC(=O)c2ccccc2Cl)cc1. The lowest BCUT2D eigenvalue weighted by Gasteiger charge is -2.06. The predicted molar refractivity (Wildman–Crippen MR) is 98.8 cm³/mol. The Morgan fingerprint density at radius 2 is 1.65 bits per heavy atom. The summed E-state index contributed by atoms with van der Waals surface area (Å²) >= 11 is 5.90. The quantitative estimate of drug-likeness (QED) is 0.531. The summed E-state index contributed by atoms with van der Waals surface area (Å²) in [6, 6.07) is 12.4. The molecule has 0 unspecified atom stereocenters. The Morgan fingerprint density at radius 3 is 2.27 bits per heavy atom. The lowest BCUT2D eigenvalue weighted by atomic mass is 10.2. The molecule has 0 bridgehead atoms. The van der Waals surface area contributed by atoms with E-state index < -0.39 is 21.8 Å². The molecule has 0 fully saturated rings. The molecule has 0 aromatic heterocycles. The van der Waals surface area contributed by atoms with Crippen molar-refractivity contribution in [3.8, 4) is 0 Å². The zero-order valence-electron chi connectivity index (χ0n) is 13.7. The molecule has 3 N–H and O–H groups in total. The van der Waals surface area contributed by atoms with Crippen molar-refractivity contribution < 1.29 is 18.0 Å². The molecule has 0 radical (unpaired) electrons. The van der Waals surface area contributed by atoms with Crippen molar-refractivity contribution in [2.75, 3.05) is 7.05 Å². The van der Waals surface area contributed by atoms with E-state index >= 15 is 0 Å². The first kappa shape index (κ1) is 19.6. The van der Waals surface area contributed by atoms with Gasteiger partial charge in [-0.3, -0.25) is 20.4 Å². The van der Waals surface area contributed by atoms with Crippen LogP contribution < -0.4 is 15.6 Å². The summed E-state index contributed by atoms with van der Waals surface area (Å²) in [4.78, 5) is 23.8. The van der Waals surface area contributed by atoms with Gasteiger partial charge in [0.2, 0.25) is 10.0 Å². The summed E-state index contributed by atoms with van der Waals surface area (Å²) in [6.07, 6.45) is 2.68. The van der Waals surface area contributed by atoms with Gasteiger partial charge in [0.1, 0.15) is 0 Å². The number of rotatable bonds is 5. The maximum Gasteiger partial charge on any atom is 0.271 e. The third-order valence-corrected chi connectivity index (χ3v) is 5.06. The van der Waals surface area contributed by atoms with Gasteiger partial charge in [0.25, 0.3) is 11.8 Å². The third kappa shape index (κ3) is 5.16. The zero-order chi connectivity index (χ0) is 19.2. The van der Waals surface area contributed by atoms with Gasteiger partial charge in [-0.15, -0.1) is 0 Å². The van der Waals surface area contributed by atoms with Gasteiger partial charge < -0.3 is 0 Å². The van der Waals surface area contributed by atoms with Crippen molar-refractivity contribution >= 4 is 39.5 Å². The van der Waals surface area contributed by atoms with Gasteiger partial charge in [-0.05, 0) is 43.0 Å². The fourth-order valence-electron chi connectivity index (χ4n) is 1.92. The Bertz CT molecular complexity index is 941. The molecule has 136 valence electrons. The third-order valence-electron chi connectivity index (χ3n) is 3.30. The van der Waals surface area contributed by atoms with Crippen LogP contribution in [0.4, 0.5) is 0 Å². The van der Waals surface area contributed by atoms with E-state index in [1.807, 2.05) is 0 Å². The van der Waals surface area contributed by atoms with Crippen molar-refractivity contribution in [3.05, 3.63) is 70.8 Å². The molecule has 9 heteroatoms. The van der Waals surface area contributed by atoms with E-state index in [0.29, 0.717) is 5.56 Å². The van der Waals surface area contributed by atoms with Crippen LogP contribution in [-0.2, 0) is 14.8 Å². The number of benzene rings is 2. The number of hydrogen-bond donors (Lipinski definition) is 3.